The third kappa shape index (κ3) is 3.64. The standard InChI is InChI=1S/C18H18F3N3O3/c19-18(20,21)11-3-1-4-12(9-11)22-16-13-10-24(7-6-14(13)27-23-16)17(25)15-5-2-8-26-15/h1,3-4,9,15H,2,5-8,10H2,(H,22,23)/t15-/m0/s1. The van der Waals surface area contributed by atoms with Crippen LogP contribution in [0.15, 0.2) is 28.8 Å². The van der Waals surface area contributed by atoms with Crippen LogP contribution in [0.5, 0.6) is 0 Å². The maximum Gasteiger partial charge on any atom is 0.416 e. The highest BCUT2D eigenvalue weighted by molar-refractivity contribution is 5.81. The summed E-state index contributed by atoms with van der Waals surface area (Å²) in [5, 5.41) is 6.82. The zero-order valence-corrected chi connectivity index (χ0v) is 14.4. The Morgan fingerprint density at radius 1 is 1.33 bits per heavy atom. The van der Waals surface area contributed by atoms with Crippen LogP contribution in [0.2, 0.25) is 0 Å². The molecule has 4 rings (SSSR count). The Kier molecular flexibility index (Phi) is 4.55. The molecule has 0 unspecified atom stereocenters. The number of amides is 1. The lowest BCUT2D eigenvalue weighted by Crippen LogP contribution is -2.41. The van der Waals surface area contributed by atoms with Gasteiger partial charge < -0.3 is 19.5 Å². The first kappa shape index (κ1) is 17.8. The Bertz CT molecular complexity index is 844. The Hall–Kier alpha value is -2.55. The normalized spacial score (nSPS) is 19.8. The van der Waals surface area contributed by atoms with Crippen molar-refractivity contribution in [3.05, 3.63) is 41.2 Å². The van der Waals surface area contributed by atoms with Crippen LogP contribution in [-0.2, 0) is 28.7 Å². The van der Waals surface area contributed by atoms with Gasteiger partial charge in [0.15, 0.2) is 5.82 Å². The molecule has 2 aliphatic heterocycles. The highest BCUT2D eigenvalue weighted by atomic mass is 19.4. The first-order valence-corrected chi connectivity index (χ1v) is 8.74. The number of aromatic nitrogens is 1. The molecule has 2 aromatic rings. The van der Waals surface area contributed by atoms with Gasteiger partial charge in [0.2, 0.25) is 0 Å². The van der Waals surface area contributed by atoms with E-state index >= 15 is 0 Å². The summed E-state index contributed by atoms with van der Waals surface area (Å²) in [4.78, 5) is 14.2. The van der Waals surface area contributed by atoms with Crippen molar-refractivity contribution in [2.45, 2.75) is 38.1 Å². The van der Waals surface area contributed by atoms with Crippen LogP contribution in [0, 0.1) is 0 Å². The molecule has 1 aromatic carbocycles. The molecule has 3 heterocycles. The summed E-state index contributed by atoms with van der Waals surface area (Å²) in [6, 6.07) is 4.87. The number of alkyl halides is 3. The van der Waals surface area contributed by atoms with Crippen molar-refractivity contribution in [3.8, 4) is 0 Å². The number of anilines is 2. The number of carbonyl (C=O) groups is 1. The maximum absolute atomic E-state index is 12.9. The fourth-order valence-electron chi connectivity index (χ4n) is 3.38. The summed E-state index contributed by atoms with van der Waals surface area (Å²) < 4.78 is 49.4. The van der Waals surface area contributed by atoms with E-state index in [9.17, 15) is 18.0 Å². The summed E-state index contributed by atoms with van der Waals surface area (Å²) in [5.41, 5.74) is 0.188. The number of hydrogen-bond acceptors (Lipinski definition) is 5. The van der Waals surface area contributed by atoms with E-state index < -0.39 is 17.8 Å². The second-order valence-corrected chi connectivity index (χ2v) is 6.65. The SMILES string of the molecule is O=C([C@@H]1CCCO1)N1CCc2onc(Nc3cccc(C(F)(F)F)c3)c2C1. The zero-order valence-electron chi connectivity index (χ0n) is 14.4. The van der Waals surface area contributed by atoms with Crippen molar-refractivity contribution in [2.24, 2.45) is 0 Å². The van der Waals surface area contributed by atoms with Crippen LogP contribution in [0.4, 0.5) is 24.7 Å². The molecule has 2 aliphatic rings. The minimum Gasteiger partial charge on any atom is -0.368 e. The van der Waals surface area contributed by atoms with E-state index in [1.54, 1.807) is 4.90 Å². The lowest BCUT2D eigenvalue weighted by atomic mass is 10.1. The largest absolute Gasteiger partial charge is 0.416 e. The van der Waals surface area contributed by atoms with E-state index in [1.807, 2.05) is 0 Å². The van der Waals surface area contributed by atoms with Crippen molar-refractivity contribution < 1.29 is 27.2 Å². The molecular weight excluding hydrogens is 363 g/mol. The molecule has 0 spiro atoms. The van der Waals surface area contributed by atoms with Crippen LogP contribution in [0.25, 0.3) is 0 Å². The molecule has 0 radical (unpaired) electrons. The number of carbonyl (C=O) groups excluding carboxylic acids is 1. The molecule has 1 aromatic heterocycles. The molecule has 0 aliphatic carbocycles. The monoisotopic (exact) mass is 381 g/mol. The van der Waals surface area contributed by atoms with Crippen LogP contribution < -0.4 is 5.32 Å². The Morgan fingerprint density at radius 2 is 2.19 bits per heavy atom. The first-order valence-electron chi connectivity index (χ1n) is 8.74. The molecule has 27 heavy (non-hydrogen) atoms. The fourth-order valence-corrected chi connectivity index (χ4v) is 3.38. The molecule has 1 amide bonds. The number of hydrogen-bond donors (Lipinski definition) is 1. The van der Waals surface area contributed by atoms with Gasteiger partial charge in [0.1, 0.15) is 11.9 Å². The first-order chi connectivity index (χ1) is 12.9. The number of ether oxygens (including phenoxy) is 1. The van der Waals surface area contributed by atoms with Crippen LogP contribution in [-0.4, -0.2) is 35.2 Å². The fraction of sp³-hybridized carbons (Fsp3) is 0.444. The number of fused-ring (bicyclic) bond motifs is 1. The van der Waals surface area contributed by atoms with Gasteiger partial charge in [0.25, 0.3) is 5.91 Å². The third-order valence-electron chi connectivity index (χ3n) is 4.80. The molecule has 6 nitrogen and oxygen atoms in total. The summed E-state index contributed by atoms with van der Waals surface area (Å²) in [6.07, 6.45) is -2.76. The van der Waals surface area contributed by atoms with Gasteiger partial charge in [-0.15, -0.1) is 0 Å². The van der Waals surface area contributed by atoms with Gasteiger partial charge in [-0.25, -0.2) is 0 Å². The molecule has 1 atom stereocenters. The predicted octanol–water partition coefficient (Wildman–Crippen LogP) is 3.50. The van der Waals surface area contributed by atoms with E-state index in [0.29, 0.717) is 49.7 Å². The van der Waals surface area contributed by atoms with Crippen LogP contribution in [0.1, 0.15) is 29.7 Å². The van der Waals surface area contributed by atoms with E-state index in [4.69, 9.17) is 9.26 Å². The van der Waals surface area contributed by atoms with E-state index in [1.165, 1.54) is 12.1 Å². The van der Waals surface area contributed by atoms with Gasteiger partial charge in [-0.1, -0.05) is 11.2 Å². The average molecular weight is 381 g/mol. The van der Waals surface area contributed by atoms with Gasteiger partial charge >= 0.3 is 6.18 Å². The lowest BCUT2D eigenvalue weighted by molar-refractivity contribution is -0.142. The third-order valence-corrected chi connectivity index (χ3v) is 4.80. The van der Waals surface area contributed by atoms with Crippen LogP contribution >= 0.6 is 0 Å². The number of nitrogens with one attached hydrogen (secondary N) is 1. The number of benzene rings is 1. The molecular formula is C18H18F3N3O3. The minimum atomic E-state index is -4.43. The van der Waals surface area contributed by atoms with Crippen LogP contribution in [0.3, 0.4) is 0 Å². The van der Waals surface area contributed by atoms with Gasteiger partial charge in [-0.3, -0.25) is 4.79 Å². The summed E-state index contributed by atoms with van der Waals surface area (Å²) in [6.45, 7) is 1.38. The molecule has 9 heteroatoms. The predicted molar refractivity (Wildman–Crippen MR) is 89.3 cm³/mol. The average Bonchev–Trinajstić information content (AvgIpc) is 3.31. The van der Waals surface area contributed by atoms with E-state index in [0.717, 1.165) is 18.6 Å². The van der Waals surface area contributed by atoms with Crippen molar-refractivity contribution in [2.75, 3.05) is 18.5 Å². The second-order valence-electron chi connectivity index (χ2n) is 6.65. The van der Waals surface area contributed by atoms with Crippen molar-refractivity contribution in [1.82, 2.24) is 10.1 Å². The topological polar surface area (TPSA) is 67.6 Å². The number of halogens is 3. The minimum absolute atomic E-state index is 0.0654. The van der Waals surface area contributed by atoms with E-state index in [2.05, 4.69) is 10.5 Å². The summed E-state index contributed by atoms with van der Waals surface area (Å²) in [7, 11) is 0. The Balaban J connectivity index is 1.52. The van der Waals surface area contributed by atoms with Gasteiger partial charge in [-0.05, 0) is 31.0 Å². The van der Waals surface area contributed by atoms with Crippen molar-refractivity contribution in [3.63, 3.8) is 0 Å². The molecule has 1 fully saturated rings. The smallest absolute Gasteiger partial charge is 0.368 e. The molecule has 144 valence electrons. The summed E-state index contributed by atoms with van der Waals surface area (Å²) in [5.74, 6) is 0.902. The lowest BCUT2D eigenvalue weighted by Gasteiger charge is -2.28. The number of nitrogens with zero attached hydrogens (tertiary/aromatic N) is 2. The van der Waals surface area contributed by atoms with Gasteiger partial charge in [0.05, 0.1) is 17.7 Å². The Morgan fingerprint density at radius 3 is 2.93 bits per heavy atom. The molecule has 1 N–H and O–H groups in total. The molecule has 1 saturated heterocycles. The van der Waals surface area contributed by atoms with Gasteiger partial charge in [-0.2, -0.15) is 13.2 Å². The maximum atomic E-state index is 12.9. The van der Waals surface area contributed by atoms with E-state index in [-0.39, 0.29) is 11.6 Å². The van der Waals surface area contributed by atoms with Crippen molar-refractivity contribution >= 4 is 17.4 Å². The molecule has 0 bridgehead atoms. The van der Waals surface area contributed by atoms with Gasteiger partial charge in [0, 0.05) is 25.3 Å². The van der Waals surface area contributed by atoms with Crippen molar-refractivity contribution in [1.29, 1.82) is 0 Å². The highest BCUT2D eigenvalue weighted by Crippen LogP contribution is 2.33. The zero-order chi connectivity index (χ0) is 19.0. The quantitative estimate of drug-likeness (QED) is 0.882. The summed E-state index contributed by atoms with van der Waals surface area (Å²) >= 11 is 0. The highest BCUT2D eigenvalue weighted by Gasteiger charge is 2.33. The second kappa shape index (κ2) is 6.88. The molecule has 0 saturated carbocycles. The Labute approximate surface area is 153 Å². The number of rotatable bonds is 3.